The van der Waals surface area contributed by atoms with E-state index in [1.807, 2.05) is 0 Å². The number of fused-ring (bicyclic) bond motifs is 1. The van der Waals surface area contributed by atoms with Crippen LogP contribution in [0.2, 0.25) is 0 Å². The van der Waals surface area contributed by atoms with E-state index in [4.69, 9.17) is 4.74 Å². The summed E-state index contributed by atoms with van der Waals surface area (Å²) in [6, 6.07) is 17.1. The Morgan fingerprint density at radius 1 is 1.06 bits per heavy atom. The second-order valence-corrected chi connectivity index (χ2v) is 5.55. The molecule has 1 N–H and O–H groups in total. The predicted octanol–water partition coefficient (Wildman–Crippen LogP) is 3.97. The van der Waals surface area contributed by atoms with Crippen LogP contribution in [-0.4, -0.2) is 6.61 Å². The van der Waals surface area contributed by atoms with Gasteiger partial charge in [-0.1, -0.05) is 36.4 Å². The Bertz CT molecular complexity index is 556. The summed E-state index contributed by atoms with van der Waals surface area (Å²) in [5.41, 5.74) is 3.80. The van der Waals surface area contributed by atoms with Crippen LogP contribution < -0.4 is 5.32 Å². The van der Waals surface area contributed by atoms with E-state index >= 15 is 0 Å². The summed E-state index contributed by atoms with van der Waals surface area (Å²) in [7, 11) is 0. The van der Waals surface area contributed by atoms with Crippen LogP contribution in [0.25, 0.3) is 0 Å². The molecule has 0 radical (unpaired) electrons. The van der Waals surface area contributed by atoms with Gasteiger partial charge in [0.1, 0.15) is 0 Å². The van der Waals surface area contributed by atoms with Crippen molar-refractivity contribution in [3.05, 3.63) is 63.2 Å². The third-order valence-electron chi connectivity index (χ3n) is 3.18. The van der Waals surface area contributed by atoms with E-state index in [0.29, 0.717) is 0 Å². The number of hydrogen-bond acceptors (Lipinski definition) is 2. The molecule has 3 heteroatoms. The van der Waals surface area contributed by atoms with Crippen molar-refractivity contribution in [3.8, 4) is 0 Å². The zero-order chi connectivity index (χ0) is 12.4. The lowest BCUT2D eigenvalue weighted by Gasteiger charge is -2.27. The number of rotatable bonds is 2. The zero-order valence-electron chi connectivity index (χ0n) is 9.90. The standard InChI is InChI=1S/C15H14INO/c16-13-7-3-4-8-14(13)17-15-10-18-9-11-5-1-2-6-12(11)15/h1-8,15,17H,9-10H2. The molecule has 3 rings (SSSR count). The van der Waals surface area contributed by atoms with Gasteiger partial charge >= 0.3 is 0 Å². The number of ether oxygens (including phenoxy) is 1. The second kappa shape index (κ2) is 5.28. The summed E-state index contributed by atoms with van der Waals surface area (Å²) < 4.78 is 6.89. The Kier molecular flexibility index (Phi) is 3.52. The lowest BCUT2D eigenvalue weighted by molar-refractivity contribution is 0.0970. The van der Waals surface area contributed by atoms with Gasteiger partial charge in [0, 0.05) is 9.26 Å². The van der Waals surface area contributed by atoms with E-state index in [0.717, 1.165) is 13.2 Å². The summed E-state index contributed by atoms with van der Waals surface area (Å²) >= 11 is 2.35. The van der Waals surface area contributed by atoms with E-state index in [9.17, 15) is 0 Å². The summed E-state index contributed by atoms with van der Waals surface area (Å²) in [5.74, 6) is 0. The molecule has 18 heavy (non-hydrogen) atoms. The van der Waals surface area contributed by atoms with Crippen molar-refractivity contribution in [2.24, 2.45) is 0 Å². The first-order valence-corrected chi connectivity index (χ1v) is 7.09. The molecule has 0 amide bonds. The summed E-state index contributed by atoms with van der Waals surface area (Å²) in [5, 5.41) is 3.57. The summed E-state index contributed by atoms with van der Waals surface area (Å²) in [6.07, 6.45) is 0. The van der Waals surface area contributed by atoms with Crippen molar-refractivity contribution in [1.29, 1.82) is 0 Å². The van der Waals surface area contributed by atoms with Gasteiger partial charge < -0.3 is 10.1 Å². The Labute approximate surface area is 121 Å². The topological polar surface area (TPSA) is 21.3 Å². The predicted molar refractivity (Wildman–Crippen MR) is 81.6 cm³/mol. The van der Waals surface area contributed by atoms with Gasteiger partial charge in [0.2, 0.25) is 0 Å². The molecule has 2 aromatic rings. The molecule has 0 saturated heterocycles. The van der Waals surface area contributed by atoms with Crippen LogP contribution in [-0.2, 0) is 11.3 Å². The highest BCUT2D eigenvalue weighted by atomic mass is 127. The van der Waals surface area contributed by atoms with Gasteiger partial charge in [-0.2, -0.15) is 0 Å². The fourth-order valence-corrected chi connectivity index (χ4v) is 2.81. The summed E-state index contributed by atoms with van der Waals surface area (Å²) in [6.45, 7) is 1.45. The van der Waals surface area contributed by atoms with Gasteiger partial charge in [0.05, 0.1) is 19.3 Å². The minimum Gasteiger partial charge on any atom is -0.375 e. The molecule has 0 aliphatic carbocycles. The lowest BCUT2D eigenvalue weighted by atomic mass is 9.99. The fraction of sp³-hybridized carbons (Fsp3) is 0.200. The first kappa shape index (κ1) is 12.0. The maximum Gasteiger partial charge on any atom is 0.0751 e. The molecule has 0 fully saturated rings. The molecule has 92 valence electrons. The van der Waals surface area contributed by atoms with Gasteiger partial charge in [0.15, 0.2) is 0 Å². The molecular formula is C15H14INO. The molecule has 1 aliphatic heterocycles. The van der Waals surface area contributed by atoms with Crippen molar-refractivity contribution in [2.45, 2.75) is 12.6 Å². The average molecular weight is 351 g/mol. The van der Waals surface area contributed by atoms with E-state index in [1.165, 1.54) is 20.4 Å². The largest absolute Gasteiger partial charge is 0.375 e. The molecule has 2 nitrogen and oxygen atoms in total. The Hall–Kier alpha value is -1.07. The molecular weight excluding hydrogens is 337 g/mol. The first-order valence-electron chi connectivity index (χ1n) is 6.01. The van der Waals surface area contributed by atoms with E-state index in [-0.39, 0.29) is 6.04 Å². The van der Waals surface area contributed by atoms with Crippen molar-refractivity contribution in [1.82, 2.24) is 0 Å². The smallest absolute Gasteiger partial charge is 0.0751 e. The SMILES string of the molecule is Ic1ccccc1NC1COCc2ccccc21. The highest BCUT2D eigenvalue weighted by molar-refractivity contribution is 14.1. The van der Waals surface area contributed by atoms with Gasteiger partial charge in [0.25, 0.3) is 0 Å². The number of hydrogen-bond donors (Lipinski definition) is 1. The molecule has 1 aliphatic rings. The van der Waals surface area contributed by atoms with Crippen molar-refractivity contribution >= 4 is 28.3 Å². The van der Waals surface area contributed by atoms with Crippen LogP contribution in [0.1, 0.15) is 17.2 Å². The van der Waals surface area contributed by atoms with Crippen LogP contribution in [0.5, 0.6) is 0 Å². The van der Waals surface area contributed by atoms with Crippen LogP contribution >= 0.6 is 22.6 Å². The van der Waals surface area contributed by atoms with Crippen molar-refractivity contribution < 1.29 is 4.74 Å². The molecule has 0 aromatic heterocycles. The van der Waals surface area contributed by atoms with Crippen molar-refractivity contribution in [2.75, 3.05) is 11.9 Å². The number of benzene rings is 2. The normalized spacial score (nSPS) is 18.2. The van der Waals surface area contributed by atoms with E-state index < -0.39 is 0 Å². The maximum atomic E-state index is 5.66. The number of nitrogens with one attached hydrogen (secondary N) is 1. The molecule has 0 saturated carbocycles. The third-order valence-corrected chi connectivity index (χ3v) is 4.12. The maximum absolute atomic E-state index is 5.66. The van der Waals surface area contributed by atoms with Gasteiger partial charge in [-0.05, 0) is 45.9 Å². The molecule has 0 spiro atoms. The van der Waals surface area contributed by atoms with Gasteiger partial charge in [-0.25, -0.2) is 0 Å². The van der Waals surface area contributed by atoms with Gasteiger partial charge in [-0.15, -0.1) is 0 Å². The lowest BCUT2D eigenvalue weighted by Crippen LogP contribution is -2.23. The number of anilines is 1. The third kappa shape index (κ3) is 2.37. The highest BCUT2D eigenvalue weighted by Crippen LogP contribution is 2.29. The fourth-order valence-electron chi connectivity index (χ4n) is 2.27. The highest BCUT2D eigenvalue weighted by Gasteiger charge is 2.20. The Balaban J connectivity index is 1.89. The monoisotopic (exact) mass is 351 g/mol. The molecule has 1 heterocycles. The van der Waals surface area contributed by atoms with Crippen LogP contribution in [0.15, 0.2) is 48.5 Å². The number of halogens is 1. The Morgan fingerprint density at radius 2 is 1.83 bits per heavy atom. The Morgan fingerprint density at radius 3 is 2.72 bits per heavy atom. The second-order valence-electron chi connectivity index (χ2n) is 4.39. The van der Waals surface area contributed by atoms with E-state index in [1.54, 1.807) is 0 Å². The minimum absolute atomic E-state index is 0.242. The first-order chi connectivity index (χ1) is 8.84. The van der Waals surface area contributed by atoms with Crippen LogP contribution in [0.3, 0.4) is 0 Å². The summed E-state index contributed by atoms with van der Waals surface area (Å²) in [4.78, 5) is 0. The molecule has 1 atom stereocenters. The van der Waals surface area contributed by atoms with Crippen LogP contribution in [0, 0.1) is 3.57 Å². The zero-order valence-corrected chi connectivity index (χ0v) is 12.1. The van der Waals surface area contributed by atoms with E-state index in [2.05, 4.69) is 76.4 Å². The molecule has 2 aromatic carbocycles. The quantitative estimate of drug-likeness (QED) is 0.827. The van der Waals surface area contributed by atoms with Gasteiger partial charge in [-0.3, -0.25) is 0 Å². The average Bonchev–Trinajstić information content (AvgIpc) is 2.42. The minimum atomic E-state index is 0.242. The molecule has 0 bridgehead atoms. The molecule has 1 unspecified atom stereocenters. The number of para-hydroxylation sites is 1. The van der Waals surface area contributed by atoms with Crippen molar-refractivity contribution in [3.63, 3.8) is 0 Å². The van der Waals surface area contributed by atoms with Crippen LogP contribution in [0.4, 0.5) is 5.69 Å².